The van der Waals surface area contributed by atoms with E-state index in [-0.39, 0.29) is 6.10 Å². The van der Waals surface area contributed by atoms with E-state index in [9.17, 15) is 0 Å². The van der Waals surface area contributed by atoms with Gasteiger partial charge in [0.05, 0.1) is 13.2 Å². The zero-order valence-electron chi connectivity index (χ0n) is 19.8. The van der Waals surface area contributed by atoms with Crippen LogP contribution in [0.4, 0.5) is 17.6 Å². The molecular formula is C23H35N7O2S. The minimum atomic E-state index is 0.0344. The largest absolute Gasteiger partial charge is 0.472 e. The minimum absolute atomic E-state index is 0.0344. The lowest BCUT2D eigenvalue weighted by atomic mass is 9.83. The van der Waals surface area contributed by atoms with Gasteiger partial charge in [0.25, 0.3) is 0 Å². The number of aryl methyl sites for hydroxylation is 1. The summed E-state index contributed by atoms with van der Waals surface area (Å²) in [6.07, 6.45) is 7.11. The average Bonchev–Trinajstić information content (AvgIpc) is 3.44. The number of anilines is 3. The smallest absolute Gasteiger partial charge is 0.230 e. The second kappa shape index (κ2) is 10.1. The van der Waals surface area contributed by atoms with E-state index in [0.717, 1.165) is 43.1 Å². The number of aromatic amines is 1. The molecule has 5 rings (SSSR count). The van der Waals surface area contributed by atoms with Crippen LogP contribution in [0.3, 0.4) is 0 Å². The second-order valence-corrected chi connectivity index (χ2v) is 10.6. The Morgan fingerprint density at radius 1 is 1.21 bits per heavy atom. The highest BCUT2D eigenvalue weighted by Crippen LogP contribution is 2.40. The number of rotatable bonds is 8. The number of H-pyrrole nitrogens is 1. The van der Waals surface area contributed by atoms with E-state index < -0.39 is 0 Å². The number of piperidine rings is 2. The van der Waals surface area contributed by atoms with Crippen LogP contribution in [0.1, 0.15) is 51.1 Å². The summed E-state index contributed by atoms with van der Waals surface area (Å²) in [5, 5.41) is 10.6. The molecule has 0 saturated carbocycles. The second-order valence-electron chi connectivity index (χ2n) is 9.31. The molecule has 0 aliphatic carbocycles. The first-order chi connectivity index (χ1) is 16.1. The van der Waals surface area contributed by atoms with Gasteiger partial charge in [-0.1, -0.05) is 25.3 Å². The minimum Gasteiger partial charge on any atom is -0.472 e. The Hall–Kier alpha value is -2.04. The number of ether oxygens (including phenoxy) is 2. The van der Waals surface area contributed by atoms with Crippen LogP contribution in [0.25, 0.3) is 0 Å². The standard InChI is InChI=1S/C23H35N7O2S/c1-4-33-30-16-6-5-7-17(30)12-18(11-16)29(3)23-25-20(24-21-10-15(2)27-28-21)13-22(26-23)32-19-8-9-31-14-19/h10,13,16-19H,4-9,11-12,14H2,1-3H3,(H2,24,25,26,27,28)/t16-,17+,18?,19-/m0/s1. The number of fused-ring (bicyclic) bond motifs is 2. The van der Waals surface area contributed by atoms with E-state index in [1.165, 1.54) is 19.3 Å². The van der Waals surface area contributed by atoms with Gasteiger partial charge in [-0.3, -0.25) is 5.10 Å². The van der Waals surface area contributed by atoms with Gasteiger partial charge in [-0.15, -0.1) is 0 Å². The van der Waals surface area contributed by atoms with Crippen molar-refractivity contribution in [2.75, 3.05) is 36.2 Å². The normalized spacial score (nSPS) is 27.5. The van der Waals surface area contributed by atoms with Gasteiger partial charge in [0.1, 0.15) is 11.9 Å². The van der Waals surface area contributed by atoms with Crippen LogP contribution >= 0.6 is 11.9 Å². The Labute approximate surface area is 200 Å². The van der Waals surface area contributed by atoms with Crippen molar-refractivity contribution in [2.24, 2.45) is 0 Å². The van der Waals surface area contributed by atoms with Gasteiger partial charge in [0, 0.05) is 55.2 Å². The fourth-order valence-electron chi connectivity index (χ4n) is 5.23. The molecule has 5 heterocycles. The third-order valence-electron chi connectivity index (χ3n) is 6.85. The highest BCUT2D eigenvalue weighted by atomic mass is 32.2. The molecule has 33 heavy (non-hydrogen) atoms. The Balaban J connectivity index is 1.37. The van der Waals surface area contributed by atoms with Crippen LogP contribution in [-0.2, 0) is 4.74 Å². The van der Waals surface area contributed by atoms with Gasteiger partial charge in [-0.25, -0.2) is 4.31 Å². The average molecular weight is 474 g/mol. The van der Waals surface area contributed by atoms with Crippen molar-refractivity contribution in [3.63, 3.8) is 0 Å². The number of nitrogens with one attached hydrogen (secondary N) is 2. The van der Waals surface area contributed by atoms with Crippen molar-refractivity contribution >= 4 is 29.5 Å². The van der Waals surface area contributed by atoms with Gasteiger partial charge in [-0.05, 0) is 32.6 Å². The molecule has 180 valence electrons. The highest BCUT2D eigenvalue weighted by Gasteiger charge is 2.40. The maximum absolute atomic E-state index is 6.18. The number of hydrogen-bond donors (Lipinski definition) is 2. The van der Waals surface area contributed by atoms with Gasteiger partial charge in [0.15, 0.2) is 5.82 Å². The lowest BCUT2D eigenvalue weighted by molar-refractivity contribution is 0.121. The van der Waals surface area contributed by atoms with E-state index in [1.807, 2.05) is 31.0 Å². The summed E-state index contributed by atoms with van der Waals surface area (Å²) in [4.78, 5) is 11.9. The molecule has 0 radical (unpaired) electrons. The van der Waals surface area contributed by atoms with E-state index in [2.05, 4.69) is 38.7 Å². The SMILES string of the molecule is CCSN1[C@@H]2CCC[C@H]1CC(N(C)c1nc(Nc3cc(C)[nH]n3)cc(O[C@H]3CCOC3)n1)C2. The molecule has 2 aromatic rings. The first-order valence-corrected chi connectivity index (χ1v) is 13.1. The summed E-state index contributed by atoms with van der Waals surface area (Å²) < 4.78 is 14.3. The van der Waals surface area contributed by atoms with Gasteiger partial charge in [-0.2, -0.15) is 15.1 Å². The number of aromatic nitrogens is 4. The summed E-state index contributed by atoms with van der Waals surface area (Å²) in [6.45, 7) is 5.57. The van der Waals surface area contributed by atoms with Crippen LogP contribution in [0.2, 0.25) is 0 Å². The Morgan fingerprint density at radius 3 is 2.70 bits per heavy atom. The lowest BCUT2D eigenvalue weighted by Gasteiger charge is -2.49. The summed E-state index contributed by atoms with van der Waals surface area (Å²) >= 11 is 2.01. The molecular weight excluding hydrogens is 438 g/mol. The monoisotopic (exact) mass is 473 g/mol. The van der Waals surface area contributed by atoms with Crippen LogP contribution < -0.4 is 15.0 Å². The fraction of sp³-hybridized carbons (Fsp3) is 0.696. The summed E-state index contributed by atoms with van der Waals surface area (Å²) in [6, 6.07) is 5.50. The molecule has 3 fully saturated rings. The lowest BCUT2D eigenvalue weighted by Crippen LogP contribution is -2.54. The zero-order chi connectivity index (χ0) is 22.8. The predicted octanol–water partition coefficient (Wildman–Crippen LogP) is 3.91. The van der Waals surface area contributed by atoms with E-state index in [4.69, 9.17) is 19.4 Å². The molecule has 2 aromatic heterocycles. The van der Waals surface area contributed by atoms with Crippen molar-refractivity contribution in [3.05, 3.63) is 17.8 Å². The van der Waals surface area contributed by atoms with Crippen LogP contribution in [-0.4, -0.2) is 74.7 Å². The van der Waals surface area contributed by atoms with Crippen molar-refractivity contribution in [1.29, 1.82) is 0 Å². The highest BCUT2D eigenvalue weighted by molar-refractivity contribution is 7.97. The summed E-state index contributed by atoms with van der Waals surface area (Å²) in [5.74, 6) is 3.83. The van der Waals surface area contributed by atoms with Crippen LogP contribution in [0.15, 0.2) is 12.1 Å². The van der Waals surface area contributed by atoms with Crippen molar-refractivity contribution in [3.8, 4) is 5.88 Å². The Bertz CT molecular complexity index is 921. The quantitative estimate of drug-likeness (QED) is 0.554. The molecule has 4 atom stereocenters. The number of nitrogens with zero attached hydrogens (tertiary/aromatic N) is 5. The summed E-state index contributed by atoms with van der Waals surface area (Å²) in [5.41, 5.74) is 0.992. The molecule has 2 bridgehead atoms. The Kier molecular flexibility index (Phi) is 6.94. The van der Waals surface area contributed by atoms with E-state index in [1.54, 1.807) is 0 Å². The predicted molar refractivity (Wildman–Crippen MR) is 131 cm³/mol. The van der Waals surface area contributed by atoms with E-state index >= 15 is 0 Å². The van der Waals surface area contributed by atoms with Gasteiger partial charge in [0.2, 0.25) is 11.8 Å². The molecule has 9 nitrogen and oxygen atoms in total. The molecule has 3 aliphatic heterocycles. The molecule has 2 N–H and O–H groups in total. The van der Waals surface area contributed by atoms with Crippen LogP contribution in [0, 0.1) is 6.92 Å². The van der Waals surface area contributed by atoms with Gasteiger partial charge >= 0.3 is 0 Å². The Morgan fingerprint density at radius 2 is 2.03 bits per heavy atom. The number of hydrogen-bond acceptors (Lipinski definition) is 9. The molecule has 0 amide bonds. The third-order valence-corrected chi connectivity index (χ3v) is 8.00. The molecule has 3 aliphatic rings. The maximum Gasteiger partial charge on any atom is 0.230 e. The van der Waals surface area contributed by atoms with Crippen molar-refractivity contribution in [2.45, 2.75) is 76.6 Å². The molecule has 3 saturated heterocycles. The molecule has 0 spiro atoms. The first kappa shape index (κ1) is 22.7. The molecule has 10 heteroatoms. The molecule has 0 aromatic carbocycles. The first-order valence-electron chi connectivity index (χ1n) is 12.2. The van der Waals surface area contributed by atoms with Crippen LogP contribution in [0.5, 0.6) is 5.88 Å². The topological polar surface area (TPSA) is 91.4 Å². The molecule has 1 unspecified atom stereocenters. The van der Waals surface area contributed by atoms with Crippen molar-refractivity contribution < 1.29 is 9.47 Å². The maximum atomic E-state index is 6.18. The zero-order valence-corrected chi connectivity index (χ0v) is 20.6. The van der Waals surface area contributed by atoms with Crippen molar-refractivity contribution in [1.82, 2.24) is 24.5 Å². The van der Waals surface area contributed by atoms with E-state index in [0.29, 0.717) is 42.4 Å². The summed E-state index contributed by atoms with van der Waals surface area (Å²) in [7, 11) is 2.13. The fourth-order valence-corrected chi connectivity index (χ4v) is 6.34. The third kappa shape index (κ3) is 5.22. The van der Waals surface area contributed by atoms with Gasteiger partial charge < -0.3 is 19.7 Å².